The number of carbonyl (C=O) groups excluding carboxylic acids is 1. The second-order valence-electron chi connectivity index (χ2n) is 3.98. The summed E-state index contributed by atoms with van der Waals surface area (Å²) >= 11 is 5.95. The lowest BCUT2D eigenvalue weighted by Crippen LogP contribution is -2.30. The van der Waals surface area contributed by atoms with Gasteiger partial charge in [-0.3, -0.25) is 4.79 Å². The van der Waals surface area contributed by atoms with Crippen molar-refractivity contribution in [3.8, 4) is 0 Å². The quantitative estimate of drug-likeness (QED) is 0.815. The maximum absolute atomic E-state index is 12.9. The molecule has 2 rings (SSSR count). The lowest BCUT2D eigenvalue weighted by Gasteiger charge is -2.24. The largest absolute Gasteiger partial charge is 0.337 e. The molecule has 16 heavy (non-hydrogen) atoms. The fraction of sp³-hybridized carbons (Fsp3) is 0.364. The zero-order valence-electron chi connectivity index (χ0n) is 8.78. The number of hydrogen-bond acceptors (Lipinski definition) is 2. The van der Waals surface area contributed by atoms with Gasteiger partial charge in [-0.1, -0.05) is 17.7 Å². The monoisotopic (exact) mass is 242 g/mol. The number of amides is 1. The lowest BCUT2D eigenvalue weighted by atomic mass is 10.0. The van der Waals surface area contributed by atoms with Gasteiger partial charge in [0.25, 0.3) is 0 Å². The molecule has 0 spiro atoms. The van der Waals surface area contributed by atoms with Crippen LogP contribution in [0.25, 0.3) is 0 Å². The summed E-state index contributed by atoms with van der Waals surface area (Å²) in [5.74, 6) is -0.410. The van der Waals surface area contributed by atoms with Crippen molar-refractivity contribution in [1.82, 2.24) is 4.90 Å². The average Bonchev–Trinajstić information content (AvgIpc) is 2.43. The summed E-state index contributed by atoms with van der Waals surface area (Å²) in [6.45, 7) is 0. The second-order valence-corrected chi connectivity index (χ2v) is 4.39. The topological polar surface area (TPSA) is 46.3 Å². The Kier molecular flexibility index (Phi) is 2.86. The molecule has 0 saturated carbocycles. The molecule has 1 amide bonds. The summed E-state index contributed by atoms with van der Waals surface area (Å²) < 4.78 is 12.9. The fourth-order valence-corrected chi connectivity index (χ4v) is 2.36. The van der Waals surface area contributed by atoms with Crippen molar-refractivity contribution in [3.63, 3.8) is 0 Å². The predicted octanol–water partition coefficient (Wildman–Crippen LogP) is 1.71. The van der Waals surface area contributed by atoms with Gasteiger partial charge in [-0.25, -0.2) is 4.39 Å². The van der Waals surface area contributed by atoms with Crippen LogP contribution in [0.5, 0.6) is 0 Å². The first-order chi connectivity index (χ1) is 7.50. The van der Waals surface area contributed by atoms with Crippen LogP contribution in [0.2, 0.25) is 5.02 Å². The molecule has 1 aliphatic heterocycles. The van der Waals surface area contributed by atoms with E-state index < -0.39 is 5.82 Å². The molecule has 0 aromatic heterocycles. The molecular formula is C11H12ClFN2O. The molecule has 1 heterocycles. The van der Waals surface area contributed by atoms with E-state index in [2.05, 4.69) is 0 Å². The zero-order valence-corrected chi connectivity index (χ0v) is 9.54. The Morgan fingerprint density at radius 1 is 1.56 bits per heavy atom. The van der Waals surface area contributed by atoms with Crippen LogP contribution in [-0.4, -0.2) is 23.9 Å². The van der Waals surface area contributed by atoms with E-state index in [1.807, 2.05) is 0 Å². The first-order valence-electron chi connectivity index (χ1n) is 4.97. The molecule has 2 atom stereocenters. The third-order valence-corrected chi connectivity index (χ3v) is 3.23. The lowest BCUT2D eigenvalue weighted by molar-refractivity contribution is -0.127. The number of benzene rings is 1. The normalized spacial score (nSPS) is 25.2. The molecule has 1 aliphatic rings. The van der Waals surface area contributed by atoms with Crippen molar-refractivity contribution in [2.75, 3.05) is 7.05 Å². The molecule has 86 valence electrons. The average molecular weight is 243 g/mol. The molecule has 0 radical (unpaired) electrons. The van der Waals surface area contributed by atoms with Gasteiger partial charge < -0.3 is 10.6 Å². The van der Waals surface area contributed by atoms with Crippen molar-refractivity contribution in [1.29, 1.82) is 0 Å². The van der Waals surface area contributed by atoms with Crippen LogP contribution in [0.1, 0.15) is 18.0 Å². The van der Waals surface area contributed by atoms with Crippen LogP contribution in [0.4, 0.5) is 4.39 Å². The molecule has 3 nitrogen and oxygen atoms in total. The summed E-state index contributed by atoms with van der Waals surface area (Å²) in [7, 11) is 1.68. The summed E-state index contributed by atoms with van der Waals surface area (Å²) in [4.78, 5) is 13.0. The highest BCUT2D eigenvalue weighted by Crippen LogP contribution is 2.34. The first-order valence-corrected chi connectivity index (χ1v) is 5.34. The van der Waals surface area contributed by atoms with Gasteiger partial charge in [-0.05, 0) is 17.7 Å². The highest BCUT2D eigenvalue weighted by Gasteiger charge is 2.37. The molecule has 1 fully saturated rings. The first kappa shape index (κ1) is 11.4. The third-order valence-electron chi connectivity index (χ3n) is 2.91. The summed E-state index contributed by atoms with van der Waals surface area (Å²) in [6, 6.07) is 3.59. The molecule has 1 saturated heterocycles. The van der Waals surface area contributed by atoms with Gasteiger partial charge >= 0.3 is 0 Å². The molecule has 1 aromatic carbocycles. The fourth-order valence-electron chi connectivity index (χ4n) is 2.08. The summed E-state index contributed by atoms with van der Waals surface area (Å²) in [5, 5.41) is 0.307. The maximum Gasteiger partial charge on any atom is 0.224 e. The van der Waals surface area contributed by atoms with Gasteiger partial charge in [0.1, 0.15) is 5.82 Å². The third kappa shape index (κ3) is 1.79. The zero-order chi connectivity index (χ0) is 11.9. The van der Waals surface area contributed by atoms with Gasteiger partial charge in [-0.2, -0.15) is 0 Å². The number of carbonyl (C=O) groups is 1. The Morgan fingerprint density at radius 3 is 2.75 bits per heavy atom. The van der Waals surface area contributed by atoms with Crippen molar-refractivity contribution >= 4 is 17.5 Å². The molecule has 5 heteroatoms. The van der Waals surface area contributed by atoms with Crippen molar-refractivity contribution in [3.05, 3.63) is 34.6 Å². The van der Waals surface area contributed by atoms with Crippen LogP contribution in [0, 0.1) is 5.82 Å². The number of halogens is 2. The second kappa shape index (κ2) is 4.03. The Labute approximate surface area is 98.0 Å². The summed E-state index contributed by atoms with van der Waals surface area (Å²) in [5.41, 5.74) is 6.58. The Hall–Kier alpha value is -1.13. The predicted molar refractivity (Wildman–Crippen MR) is 59.5 cm³/mol. The highest BCUT2D eigenvalue weighted by atomic mass is 35.5. The van der Waals surface area contributed by atoms with E-state index >= 15 is 0 Å². The number of nitrogens with zero attached hydrogens (tertiary/aromatic N) is 1. The van der Waals surface area contributed by atoms with E-state index in [1.54, 1.807) is 18.0 Å². The van der Waals surface area contributed by atoms with E-state index in [1.165, 1.54) is 12.1 Å². The van der Waals surface area contributed by atoms with E-state index in [9.17, 15) is 9.18 Å². The molecule has 0 bridgehead atoms. The van der Waals surface area contributed by atoms with E-state index in [4.69, 9.17) is 17.3 Å². The van der Waals surface area contributed by atoms with Gasteiger partial charge in [0.2, 0.25) is 5.91 Å². The van der Waals surface area contributed by atoms with Crippen LogP contribution < -0.4 is 5.73 Å². The maximum atomic E-state index is 12.9. The smallest absolute Gasteiger partial charge is 0.224 e. The van der Waals surface area contributed by atoms with Crippen LogP contribution in [0.15, 0.2) is 18.2 Å². The van der Waals surface area contributed by atoms with Crippen molar-refractivity contribution in [2.24, 2.45) is 5.73 Å². The summed E-state index contributed by atoms with van der Waals surface area (Å²) in [6.07, 6.45) is 0.300. The van der Waals surface area contributed by atoms with Gasteiger partial charge in [0, 0.05) is 24.5 Å². The minimum Gasteiger partial charge on any atom is -0.337 e. The van der Waals surface area contributed by atoms with Gasteiger partial charge in [-0.15, -0.1) is 0 Å². The van der Waals surface area contributed by atoms with Crippen LogP contribution in [0.3, 0.4) is 0 Å². The molecule has 1 aromatic rings. The highest BCUT2D eigenvalue weighted by molar-refractivity contribution is 6.31. The molecule has 0 aliphatic carbocycles. The van der Waals surface area contributed by atoms with E-state index in [0.717, 1.165) is 0 Å². The minimum atomic E-state index is -0.394. The molecule has 2 unspecified atom stereocenters. The van der Waals surface area contributed by atoms with Crippen LogP contribution >= 0.6 is 11.6 Å². The Bertz CT molecular complexity index is 438. The molecule has 2 N–H and O–H groups in total. The number of nitrogens with two attached hydrogens (primary N) is 1. The van der Waals surface area contributed by atoms with Crippen molar-refractivity contribution in [2.45, 2.75) is 18.5 Å². The SMILES string of the molecule is CN1C(=O)CC(N)C1c1ccc(F)cc1Cl. The number of hydrogen-bond donors (Lipinski definition) is 1. The molecular weight excluding hydrogens is 231 g/mol. The van der Waals surface area contributed by atoms with Gasteiger partial charge in [0.15, 0.2) is 0 Å². The minimum absolute atomic E-state index is 0.0158. The number of likely N-dealkylation sites (N-methyl/N-ethyl adjacent to an activating group) is 1. The van der Waals surface area contributed by atoms with Crippen molar-refractivity contribution < 1.29 is 9.18 Å². The standard InChI is InChI=1S/C11H12ClFN2O/c1-15-10(16)5-9(14)11(15)7-3-2-6(13)4-8(7)12/h2-4,9,11H,5,14H2,1H3. The van der Waals surface area contributed by atoms with Gasteiger partial charge in [0.05, 0.1) is 6.04 Å². The number of rotatable bonds is 1. The van der Waals surface area contributed by atoms with E-state index in [-0.39, 0.29) is 18.0 Å². The Morgan fingerprint density at radius 2 is 2.25 bits per heavy atom. The Balaban J connectivity index is 2.40. The number of likely N-dealkylation sites (tertiary alicyclic amines) is 1. The van der Waals surface area contributed by atoms with Crippen LogP contribution in [-0.2, 0) is 4.79 Å². The van der Waals surface area contributed by atoms with E-state index in [0.29, 0.717) is 17.0 Å².